The van der Waals surface area contributed by atoms with Crippen molar-refractivity contribution in [2.75, 3.05) is 0 Å². The third-order valence-electron chi connectivity index (χ3n) is 1.74. The van der Waals surface area contributed by atoms with Crippen molar-refractivity contribution >= 4 is 15.9 Å². The molecule has 0 radical (unpaired) electrons. The highest BCUT2D eigenvalue weighted by molar-refractivity contribution is 9.10. The van der Waals surface area contributed by atoms with Crippen molar-refractivity contribution in [1.82, 2.24) is 14.8 Å². The van der Waals surface area contributed by atoms with Crippen LogP contribution in [-0.4, -0.2) is 14.8 Å². The highest BCUT2D eigenvalue weighted by Crippen LogP contribution is 2.24. The quantitative estimate of drug-likeness (QED) is 0.762. The number of hydrogen-bond acceptors (Lipinski definition) is 2. The Morgan fingerprint density at radius 3 is 2.92 bits per heavy atom. The molecular formula is C9H8BrN3. The van der Waals surface area contributed by atoms with E-state index in [0.717, 1.165) is 15.7 Å². The molecule has 0 unspecified atom stereocenters. The standard InChI is InChI=1S/C9H8BrN3/c1-13-6-7(5-12-13)9-8(10)3-2-4-11-9/h2-6H,1H3. The normalized spacial score (nSPS) is 10.3. The maximum atomic E-state index is 4.26. The Hall–Kier alpha value is -1.16. The van der Waals surface area contributed by atoms with Gasteiger partial charge in [0.2, 0.25) is 0 Å². The summed E-state index contributed by atoms with van der Waals surface area (Å²) in [4.78, 5) is 4.26. The van der Waals surface area contributed by atoms with Crippen LogP contribution >= 0.6 is 15.9 Å². The summed E-state index contributed by atoms with van der Waals surface area (Å²) in [7, 11) is 1.89. The largest absolute Gasteiger partial charge is 0.275 e. The lowest BCUT2D eigenvalue weighted by Gasteiger charge is -1.97. The maximum Gasteiger partial charge on any atom is 0.0875 e. The lowest BCUT2D eigenvalue weighted by molar-refractivity contribution is 0.768. The van der Waals surface area contributed by atoms with Gasteiger partial charge in [-0.3, -0.25) is 9.67 Å². The van der Waals surface area contributed by atoms with Gasteiger partial charge in [0.15, 0.2) is 0 Å². The molecule has 0 amide bonds. The van der Waals surface area contributed by atoms with Crippen LogP contribution in [0.1, 0.15) is 0 Å². The Morgan fingerprint density at radius 1 is 1.46 bits per heavy atom. The van der Waals surface area contributed by atoms with Crippen molar-refractivity contribution in [3.8, 4) is 11.3 Å². The van der Waals surface area contributed by atoms with Gasteiger partial charge in [-0.25, -0.2) is 0 Å². The predicted molar refractivity (Wildman–Crippen MR) is 54.1 cm³/mol. The number of aryl methyl sites for hydroxylation is 1. The van der Waals surface area contributed by atoms with Crippen LogP contribution < -0.4 is 0 Å². The molecular weight excluding hydrogens is 230 g/mol. The molecule has 2 aromatic rings. The molecule has 0 spiro atoms. The predicted octanol–water partition coefficient (Wildman–Crippen LogP) is 2.24. The van der Waals surface area contributed by atoms with Crippen LogP contribution in [0.5, 0.6) is 0 Å². The number of hydrogen-bond donors (Lipinski definition) is 0. The van der Waals surface area contributed by atoms with Crippen LogP contribution in [0.25, 0.3) is 11.3 Å². The van der Waals surface area contributed by atoms with Crippen molar-refractivity contribution in [2.45, 2.75) is 0 Å². The summed E-state index contributed by atoms with van der Waals surface area (Å²) in [6.07, 6.45) is 5.51. The van der Waals surface area contributed by atoms with E-state index < -0.39 is 0 Å². The van der Waals surface area contributed by atoms with Crippen LogP contribution in [0.3, 0.4) is 0 Å². The van der Waals surface area contributed by atoms with E-state index in [4.69, 9.17) is 0 Å². The fourth-order valence-corrected chi connectivity index (χ4v) is 1.63. The smallest absolute Gasteiger partial charge is 0.0875 e. The first kappa shape index (κ1) is 8.44. The molecule has 2 aromatic heterocycles. The number of halogens is 1. The minimum absolute atomic E-state index is 0.926. The van der Waals surface area contributed by atoms with Crippen molar-refractivity contribution in [3.63, 3.8) is 0 Å². The minimum atomic E-state index is 0.926. The molecule has 0 N–H and O–H groups in total. The molecule has 2 heterocycles. The zero-order valence-electron chi connectivity index (χ0n) is 7.11. The summed E-state index contributed by atoms with van der Waals surface area (Å²) in [5.74, 6) is 0. The Labute approximate surface area is 84.5 Å². The second-order valence-electron chi connectivity index (χ2n) is 2.74. The van der Waals surface area contributed by atoms with Crippen molar-refractivity contribution in [1.29, 1.82) is 0 Å². The van der Waals surface area contributed by atoms with Gasteiger partial charge in [0.25, 0.3) is 0 Å². The fraction of sp³-hybridized carbons (Fsp3) is 0.111. The Kier molecular flexibility index (Phi) is 2.14. The van der Waals surface area contributed by atoms with Crippen molar-refractivity contribution in [3.05, 3.63) is 35.2 Å². The lowest BCUT2D eigenvalue weighted by Crippen LogP contribution is -1.85. The summed E-state index contributed by atoms with van der Waals surface area (Å²) in [5, 5.41) is 4.09. The van der Waals surface area contributed by atoms with E-state index in [9.17, 15) is 0 Å². The third kappa shape index (κ3) is 1.62. The van der Waals surface area contributed by atoms with Gasteiger partial charge in [-0.1, -0.05) is 0 Å². The molecule has 4 heteroatoms. The SMILES string of the molecule is Cn1cc(-c2ncccc2Br)cn1. The molecule has 66 valence electrons. The first-order valence-electron chi connectivity index (χ1n) is 3.87. The van der Waals surface area contributed by atoms with Crippen LogP contribution in [-0.2, 0) is 7.05 Å². The van der Waals surface area contributed by atoms with Crippen LogP contribution in [0.4, 0.5) is 0 Å². The van der Waals surface area contributed by atoms with Gasteiger partial charge in [-0.2, -0.15) is 5.10 Å². The zero-order chi connectivity index (χ0) is 9.26. The van der Waals surface area contributed by atoms with Crippen LogP contribution in [0.2, 0.25) is 0 Å². The van der Waals surface area contributed by atoms with Gasteiger partial charge in [-0.15, -0.1) is 0 Å². The summed E-state index contributed by atoms with van der Waals surface area (Å²) >= 11 is 3.44. The molecule has 0 saturated heterocycles. The van der Waals surface area contributed by atoms with Crippen LogP contribution in [0, 0.1) is 0 Å². The molecule has 0 aliphatic heterocycles. The van der Waals surface area contributed by atoms with Crippen molar-refractivity contribution in [2.24, 2.45) is 7.05 Å². The number of nitrogens with zero attached hydrogens (tertiary/aromatic N) is 3. The molecule has 0 aliphatic rings. The van der Waals surface area contributed by atoms with Gasteiger partial charge in [0.05, 0.1) is 11.9 Å². The molecule has 3 nitrogen and oxygen atoms in total. The topological polar surface area (TPSA) is 30.7 Å². The highest BCUT2D eigenvalue weighted by Gasteiger charge is 2.04. The van der Waals surface area contributed by atoms with Crippen molar-refractivity contribution < 1.29 is 0 Å². The summed E-state index contributed by atoms with van der Waals surface area (Å²) in [5.41, 5.74) is 1.95. The average Bonchev–Trinajstić information content (AvgIpc) is 2.53. The van der Waals surface area contributed by atoms with Gasteiger partial charge < -0.3 is 0 Å². The molecule has 0 aromatic carbocycles. The Bertz CT molecular complexity index is 422. The fourth-order valence-electron chi connectivity index (χ4n) is 1.14. The second-order valence-corrected chi connectivity index (χ2v) is 3.59. The van der Waals surface area contributed by atoms with E-state index >= 15 is 0 Å². The maximum absolute atomic E-state index is 4.26. The lowest BCUT2D eigenvalue weighted by atomic mass is 10.2. The van der Waals surface area contributed by atoms with Gasteiger partial charge in [-0.05, 0) is 28.1 Å². The minimum Gasteiger partial charge on any atom is -0.275 e. The monoisotopic (exact) mass is 237 g/mol. The first-order valence-corrected chi connectivity index (χ1v) is 4.66. The molecule has 0 saturated carbocycles. The Balaban J connectivity index is 2.52. The number of aromatic nitrogens is 3. The molecule has 0 atom stereocenters. The molecule has 2 rings (SSSR count). The Morgan fingerprint density at radius 2 is 2.31 bits per heavy atom. The zero-order valence-corrected chi connectivity index (χ0v) is 8.69. The third-order valence-corrected chi connectivity index (χ3v) is 2.38. The molecule has 0 aliphatic carbocycles. The average molecular weight is 238 g/mol. The number of pyridine rings is 1. The van der Waals surface area contributed by atoms with E-state index in [1.165, 1.54) is 0 Å². The van der Waals surface area contributed by atoms with E-state index in [2.05, 4.69) is 26.0 Å². The summed E-state index contributed by atoms with van der Waals surface area (Å²) in [6, 6.07) is 3.86. The van der Waals surface area contributed by atoms with E-state index in [1.807, 2.05) is 25.4 Å². The summed E-state index contributed by atoms with van der Waals surface area (Å²) < 4.78 is 2.75. The molecule has 13 heavy (non-hydrogen) atoms. The van der Waals surface area contributed by atoms with E-state index in [1.54, 1.807) is 17.1 Å². The van der Waals surface area contributed by atoms with Gasteiger partial charge >= 0.3 is 0 Å². The summed E-state index contributed by atoms with van der Waals surface area (Å²) in [6.45, 7) is 0. The second kappa shape index (κ2) is 3.30. The van der Waals surface area contributed by atoms with E-state index in [0.29, 0.717) is 0 Å². The highest BCUT2D eigenvalue weighted by atomic mass is 79.9. The van der Waals surface area contributed by atoms with Crippen LogP contribution in [0.15, 0.2) is 35.2 Å². The first-order chi connectivity index (χ1) is 6.27. The van der Waals surface area contributed by atoms with Gasteiger partial charge in [0, 0.05) is 29.5 Å². The van der Waals surface area contributed by atoms with Gasteiger partial charge in [0.1, 0.15) is 0 Å². The van der Waals surface area contributed by atoms with E-state index in [-0.39, 0.29) is 0 Å². The number of rotatable bonds is 1. The molecule has 0 bridgehead atoms. The molecule has 0 fully saturated rings.